The molecule has 2 aromatic carbocycles. The predicted octanol–water partition coefficient (Wildman–Crippen LogP) is 4.44. The first kappa shape index (κ1) is 20.7. The van der Waals surface area contributed by atoms with E-state index < -0.39 is 0 Å². The van der Waals surface area contributed by atoms with Crippen LogP contribution in [0.25, 0.3) is 0 Å². The van der Waals surface area contributed by atoms with Crippen LogP contribution < -0.4 is 10.6 Å². The zero-order valence-corrected chi connectivity index (χ0v) is 16.3. The van der Waals surface area contributed by atoms with Crippen molar-refractivity contribution in [2.24, 2.45) is 4.99 Å². The normalized spacial score (nSPS) is 15.0. The largest absolute Gasteiger partial charge is 0.355 e. The lowest BCUT2D eigenvalue weighted by atomic mass is 9.90. The molecule has 4 nitrogen and oxygen atoms in total. The molecule has 0 amide bonds. The second-order valence-corrected chi connectivity index (χ2v) is 6.08. The average Bonchev–Trinajstić information content (AvgIpc) is 2.87. The Kier molecular flexibility index (Phi) is 7.65. The van der Waals surface area contributed by atoms with E-state index in [0.717, 1.165) is 23.8 Å². The summed E-state index contributed by atoms with van der Waals surface area (Å²) in [6.07, 6.45) is 3.65. The van der Waals surface area contributed by atoms with Gasteiger partial charge in [-0.15, -0.1) is 24.8 Å². The van der Waals surface area contributed by atoms with Gasteiger partial charge in [0.1, 0.15) is 0 Å². The van der Waals surface area contributed by atoms with Crippen molar-refractivity contribution in [1.29, 1.82) is 0 Å². The number of pyridine rings is 1. The van der Waals surface area contributed by atoms with E-state index in [1.54, 1.807) is 6.20 Å². The molecule has 0 bridgehead atoms. The SMILES string of the molecule is Cl.Cl.c1ccc(C2CNC(NCc3cccnc3)=Nc3ccccc32)cc1. The molecule has 1 aliphatic heterocycles. The fourth-order valence-electron chi connectivity index (χ4n) is 3.13. The van der Waals surface area contributed by atoms with Gasteiger partial charge in [-0.1, -0.05) is 54.6 Å². The van der Waals surface area contributed by atoms with Gasteiger partial charge < -0.3 is 10.6 Å². The number of benzene rings is 2. The summed E-state index contributed by atoms with van der Waals surface area (Å²) in [4.78, 5) is 8.96. The van der Waals surface area contributed by atoms with Gasteiger partial charge in [0.2, 0.25) is 0 Å². The Morgan fingerprint density at radius 1 is 0.926 bits per heavy atom. The van der Waals surface area contributed by atoms with Gasteiger partial charge in [0.05, 0.1) is 5.69 Å². The number of nitrogens with zero attached hydrogens (tertiary/aromatic N) is 2. The Hall–Kier alpha value is -2.56. The smallest absolute Gasteiger partial charge is 0.196 e. The zero-order valence-electron chi connectivity index (χ0n) is 14.7. The topological polar surface area (TPSA) is 49.3 Å². The molecule has 3 aromatic rings. The molecule has 1 aliphatic rings. The van der Waals surface area contributed by atoms with Crippen LogP contribution in [-0.2, 0) is 6.54 Å². The van der Waals surface area contributed by atoms with E-state index in [9.17, 15) is 0 Å². The third-order valence-corrected chi connectivity index (χ3v) is 4.40. The molecule has 0 fully saturated rings. The van der Waals surface area contributed by atoms with Crippen LogP contribution in [0.4, 0.5) is 5.69 Å². The Morgan fingerprint density at radius 2 is 1.70 bits per heavy atom. The fourth-order valence-corrected chi connectivity index (χ4v) is 3.13. The molecule has 140 valence electrons. The molecule has 0 saturated heterocycles. The minimum Gasteiger partial charge on any atom is -0.355 e. The summed E-state index contributed by atoms with van der Waals surface area (Å²) >= 11 is 0. The third kappa shape index (κ3) is 5.00. The molecule has 6 heteroatoms. The summed E-state index contributed by atoms with van der Waals surface area (Å²) in [6, 6.07) is 22.9. The van der Waals surface area contributed by atoms with Crippen LogP contribution in [0.5, 0.6) is 0 Å². The summed E-state index contributed by atoms with van der Waals surface area (Å²) in [5, 5.41) is 6.86. The van der Waals surface area contributed by atoms with Crippen molar-refractivity contribution in [3.63, 3.8) is 0 Å². The van der Waals surface area contributed by atoms with Crippen LogP contribution >= 0.6 is 24.8 Å². The minimum atomic E-state index is 0. The van der Waals surface area contributed by atoms with Crippen LogP contribution in [0.2, 0.25) is 0 Å². The summed E-state index contributed by atoms with van der Waals surface area (Å²) in [6.45, 7) is 1.50. The summed E-state index contributed by atoms with van der Waals surface area (Å²) in [5.41, 5.74) is 4.68. The van der Waals surface area contributed by atoms with Crippen LogP contribution in [-0.4, -0.2) is 17.5 Å². The quantitative estimate of drug-likeness (QED) is 0.682. The molecular weight excluding hydrogens is 379 g/mol. The molecular formula is C21H22Cl2N4. The number of para-hydroxylation sites is 1. The van der Waals surface area contributed by atoms with E-state index >= 15 is 0 Å². The van der Waals surface area contributed by atoms with Crippen molar-refractivity contribution >= 4 is 36.5 Å². The van der Waals surface area contributed by atoms with Gasteiger partial charge >= 0.3 is 0 Å². The first-order chi connectivity index (χ1) is 12.4. The van der Waals surface area contributed by atoms with Crippen molar-refractivity contribution in [2.75, 3.05) is 6.54 Å². The molecule has 0 spiro atoms. The highest BCUT2D eigenvalue weighted by atomic mass is 35.5. The number of fused-ring (bicyclic) bond motifs is 1. The van der Waals surface area contributed by atoms with Crippen LogP contribution in [0.3, 0.4) is 0 Å². The van der Waals surface area contributed by atoms with Gasteiger partial charge in [-0.2, -0.15) is 0 Å². The molecule has 27 heavy (non-hydrogen) atoms. The number of hydrogen-bond donors (Lipinski definition) is 2. The highest BCUT2D eigenvalue weighted by Gasteiger charge is 2.20. The molecule has 0 aliphatic carbocycles. The van der Waals surface area contributed by atoms with Gasteiger partial charge in [0, 0.05) is 31.4 Å². The summed E-state index contributed by atoms with van der Waals surface area (Å²) < 4.78 is 0. The first-order valence-electron chi connectivity index (χ1n) is 8.49. The predicted molar refractivity (Wildman–Crippen MR) is 115 cm³/mol. The summed E-state index contributed by atoms with van der Waals surface area (Å²) in [7, 11) is 0. The number of rotatable bonds is 3. The number of aliphatic imine (C=N–C) groups is 1. The van der Waals surface area contributed by atoms with Crippen molar-refractivity contribution < 1.29 is 0 Å². The maximum atomic E-state index is 4.80. The van der Waals surface area contributed by atoms with Crippen molar-refractivity contribution in [1.82, 2.24) is 15.6 Å². The van der Waals surface area contributed by atoms with Crippen LogP contribution in [0.15, 0.2) is 84.1 Å². The maximum Gasteiger partial charge on any atom is 0.196 e. The monoisotopic (exact) mass is 400 g/mol. The van der Waals surface area contributed by atoms with Gasteiger partial charge in [0.15, 0.2) is 5.96 Å². The highest BCUT2D eigenvalue weighted by molar-refractivity contribution is 5.86. The Labute approximate surface area is 172 Å². The number of guanidine groups is 1. The second kappa shape index (κ2) is 9.95. The molecule has 0 radical (unpaired) electrons. The molecule has 1 unspecified atom stereocenters. The molecule has 1 aromatic heterocycles. The lowest BCUT2D eigenvalue weighted by Gasteiger charge is -2.18. The molecule has 0 saturated carbocycles. The standard InChI is InChI=1S/C21H20N4.2ClH/c1-2-8-17(9-3-1)19-15-24-21(23-14-16-7-6-12-22-13-16)25-20-11-5-4-10-18(19)20;;/h1-13,19H,14-15H2,(H2,23,24,25);2*1H. The zero-order chi connectivity index (χ0) is 16.9. The molecule has 2 N–H and O–H groups in total. The van der Waals surface area contributed by atoms with Crippen LogP contribution in [0.1, 0.15) is 22.6 Å². The van der Waals surface area contributed by atoms with Crippen molar-refractivity contribution in [2.45, 2.75) is 12.5 Å². The maximum absolute atomic E-state index is 4.80. The third-order valence-electron chi connectivity index (χ3n) is 4.40. The van der Waals surface area contributed by atoms with E-state index in [2.05, 4.69) is 70.2 Å². The highest BCUT2D eigenvalue weighted by Crippen LogP contribution is 2.33. The fraction of sp³-hybridized carbons (Fsp3) is 0.143. The number of aromatic nitrogens is 1. The van der Waals surface area contributed by atoms with Gasteiger partial charge in [-0.25, -0.2) is 4.99 Å². The summed E-state index contributed by atoms with van der Waals surface area (Å²) in [5.74, 6) is 1.08. The average molecular weight is 401 g/mol. The molecule has 2 heterocycles. The van der Waals surface area contributed by atoms with Gasteiger partial charge in [-0.3, -0.25) is 4.98 Å². The Balaban J connectivity index is 0.00000131. The number of hydrogen-bond acceptors (Lipinski definition) is 4. The van der Waals surface area contributed by atoms with Crippen molar-refractivity contribution in [3.8, 4) is 0 Å². The number of nitrogens with one attached hydrogen (secondary N) is 2. The van der Waals surface area contributed by atoms with Gasteiger partial charge in [0.25, 0.3) is 0 Å². The lowest BCUT2D eigenvalue weighted by molar-refractivity contribution is 0.741. The Bertz CT molecular complexity index is 870. The van der Waals surface area contributed by atoms with E-state index in [1.807, 2.05) is 18.3 Å². The van der Waals surface area contributed by atoms with Gasteiger partial charge in [-0.05, 0) is 28.8 Å². The first-order valence-corrected chi connectivity index (χ1v) is 8.49. The number of halogens is 2. The lowest BCUT2D eigenvalue weighted by Crippen LogP contribution is -2.38. The van der Waals surface area contributed by atoms with E-state index in [0.29, 0.717) is 6.54 Å². The minimum absolute atomic E-state index is 0. The molecule has 1 atom stereocenters. The Morgan fingerprint density at radius 3 is 2.48 bits per heavy atom. The van der Waals surface area contributed by atoms with E-state index in [4.69, 9.17) is 4.99 Å². The van der Waals surface area contributed by atoms with Crippen molar-refractivity contribution in [3.05, 3.63) is 95.8 Å². The van der Waals surface area contributed by atoms with E-state index in [1.165, 1.54) is 11.1 Å². The van der Waals surface area contributed by atoms with Crippen LogP contribution in [0, 0.1) is 0 Å². The van der Waals surface area contributed by atoms with E-state index in [-0.39, 0.29) is 30.7 Å². The molecule has 4 rings (SSSR count). The second-order valence-electron chi connectivity index (χ2n) is 6.08.